The second-order valence-electron chi connectivity index (χ2n) is 9.53. The third kappa shape index (κ3) is 6.91. The molecule has 36 heavy (non-hydrogen) atoms. The molecule has 0 bridgehead atoms. The molecule has 0 aromatic heterocycles. The molecule has 0 radical (unpaired) electrons. The van der Waals surface area contributed by atoms with Gasteiger partial charge in [-0.2, -0.15) is 0 Å². The summed E-state index contributed by atoms with van der Waals surface area (Å²) in [6.45, 7) is 12.9. The third-order valence-electron chi connectivity index (χ3n) is 7.03. The van der Waals surface area contributed by atoms with Crippen LogP contribution in [0, 0.1) is 0 Å². The zero-order valence-electron chi connectivity index (χ0n) is 21.1. The highest BCUT2D eigenvalue weighted by molar-refractivity contribution is 6.83. The van der Waals surface area contributed by atoms with E-state index < -0.39 is 26.4 Å². The van der Waals surface area contributed by atoms with Crippen LogP contribution in [-0.4, -0.2) is 26.4 Å². The average molecular weight is 517 g/mol. The molecule has 3 atom stereocenters. The summed E-state index contributed by atoms with van der Waals surface area (Å²) in [4.78, 5) is 0. The Kier molecular flexibility index (Phi) is 9.45. The van der Waals surface area contributed by atoms with Gasteiger partial charge < -0.3 is 0 Å². The van der Waals surface area contributed by atoms with Gasteiger partial charge in [-0.15, -0.1) is 19.7 Å². The van der Waals surface area contributed by atoms with Gasteiger partial charge in [0.05, 0.1) is 26.4 Å². The van der Waals surface area contributed by atoms with Crippen LogP contribution in [0.1, 0.15) is 16.7 Å². The van der Waals surface area contributed by atoms with Gasteiger partial charge in [0.15, 0.2) is 0 Å². The minimum atomic E-state index is -1.39. The SMILES string of the molecule is C=C[SiH](Cc1ccccc1)c1cc([SiH](C=C)Cc2ccccc2)cc([SiH](C=C)Cc2ccccc2)c1. The van der Waals surface area contributed by atoms with Gasteiger partial charge >= 0.3 is 0 Å². The molecule has 0 N–H and O–H groups in total. The average Bonchev–Trinajstić information content (AvgIpc) is 2.94. The molecule has 0 nitrogen and oxygen atoms in total. The van der Waals surface area contributed by atoms with Crippen LogP contribution < -0.4 is 15.6 Å². The lowest BCUT2D eigenvalue weighted by Gasteiger charge is -2.21. The minimum Gasteiger partial charge on any atom is -0.107 e. The molecule has 0 aliphatic heterocycles. The Morgan fingerprint density at radius 2 is 0.667 bits per heavy atom. The normalized spacial score (nSPS) is 13.3. The summed E-state index contributed by atoms with van der Waals surface area (Å²) in [6.07, 6.45) is 0. The van der Waals surface area contributed by atoms with Crippen LogP contribution in [0.15, 0.2) is 146 Å². The molecule has 3 heteroatoms. The molecule has 0 aliphatic rings. The molecule has 0 heterocycles. The summed E-state index contributed by atoms with van der Waals surface area (Å²) in [5.41, 5.74) is 11.0. The van der Waals surface area contributed by atoms with Crippen molar-refractivity contribution in [2.75, 3.05) is 0 Å². The zero-order chi connectivity index (χ0) is 25.2. The van der Waals surface area contributed by atoms with Crippen LogP contribution in [0.5, 0.6) is 0 Å². The summed E-state index contributed by atoms with van der Waals surface area (Å²) in [5.74, 6) is 0. The minimum absolute atomic E-state index is 1.10. The summed E-state index contributed by atoms with van der Waals surface area (Å²) in [6, 6.07) is 43.5. The molecule has 3 unspecified atom stereocenters. The van der Waals surface area contributed by atoms with Crippen molar-refractivity contribution in [2.24, 2.45) is 0 Å². The van der Waals surface area contributed by atoms with E-state index in [0.717, 1.165) is 18.1 Å². The van der Waals surface area contributed by atoms with E-state index in [9.17, 15) is 0 Å². The van der Waals surface area contributed by atoms with Crippen molar-refractivity contribution in [1.82, 2.24) is 0 Å². The van der Waals surface area contributed by atoms with E-state index in [1.165, 1.54) is 32.3 Å². The Hall–Kier alpha value is -3.25. The molecule has 4 aromatic carbocycles. The molecular weight excluding hydrogens is 481 g/mol. The first-order valence-electron chi connectivity index (χ1n) is 12.8. The largest absolute Gasteiger partial charge is 0.107 e. The maximum atomic E-state index is 4.30. The van der Waals surface area contributed by atoms with Crippen LogP contribution in [0.25, 0.3) is 0 Å². The first kappa shape index (κ1) is 25.8. The van der Waals surface area contributed by atoms with Gasteiger partial charge in [0.1, 0.15) is 0 Å². The van der Waals surface area contributed by atoms with Gasteiger partial charge in [-0.05, 0) is 18.1 Å². The Bertz CT molecular complexity index is 1090. The van der Waals surface area contributed by atoms with Crippen molar-refractivity contribution in [2.45, 2.75) is 18.1 Å². The topological polar surface area (TPSA) is 0 Å². The summed E-state index contributed by atoms with van der Waals surface area (Å²) < 4.78 is 0. The van der Waals surface area contributed by atoms with E-state index in [-0.39, 0.29) is 0 Å². The van der Waals surface area contributed by atoms with Gasteiger partial charge in [0.25, 0.3) is 0 Å². The van der Waals surface area contributed by atoms with Crippen molar-refractivity contribution in [3.8, 4) is 0 Å². The monoisotopic (exact) mass is 516 g/mol. The molecular formula is C33H36Si3. The van der Waals surface area contributed by atoms with Crippen molar-refractivity contribution in [3.63, 3.8) is 0 Å². The number of rotatable bonds is 12. The highest BCUT2D eigenvalue weighted by Gasteiger charge is 2.20. The number of hydrogen-bond acceptors (Lipinski definition) is 0. The Morgan fingerprint density at radius 3 is 0.889 bits per heavy atom. The lowest BCUT2D eigenvalue weighted by molar-refractivity contribution is 1.37. The summed E-state index contributed by atoms with van der Waals surface area (Å²) in [7, 11) is -4.17. The standard InChI is InChI=1S/C33H36Si3/c1-4-34(25-28-16-10-7-11-17-28)31-22-32(35(5-2)26-29-18-12-8-13-19-29)24-33(23-31)36(6-3)27-30-20-14-9-15-21-30/h4-24,34-36H,1-3,25-27H2. The molecule has 0 saturated carbocycles. The van der Waals surface area contributed by atoms with Crippen LogP contribution in [0.2, 0.25) is 0 Å². The number of benzene rings is 4. The number of hydrogen-bond donors (Lipinski definition) is 0. The zero-order valence-corrected chi connectivity index (χ0v) is 24.6. The quantitative estimate of drug-likeness (QED) is 0.243. The maximum Gasteiger partial charge on any atom is 0.0977 e. The second kappa shape index (κ2) is 13.2. The third-order valence-corrected chi connectivity index (χ3v) is 15.0. The Labute approximate surface area is 222 Å². The smallest absolute Gasteiger partial charge is 0.0977 e. The molecule has 0 fully saturated rings. The predicted molar refractivity (Wildman–Crippen MR) is 168 cm³/mol. The van der Waals surface area contributed by atoms with Crippen LogP contribution >= 0.6 is 0 Å². The molecule has 0 spiro atoms. The fraction of sp³-hybridized carbons (Fsp3) is 0.0909. The van der Waals surface area contributed by atoms with Gasteiger partial charge in [0, 0.05) is 0 Å². The van der Waals surface area contributed by atoms with Gasteiger partial charge in [-0.25, -0.2) is 0 Å². The van der Waals surface area contributed by atoms with E-state index in [0.29, 0.717) is 0 Å². The second-order valence-corrected chi connectivity index (χ2v) is 17.8. The fourth-order valence-corrected chi connectivity index (χ4v) is 12.3. The van der Waals surface area contributed by atoms with Crippen molar-refractivity contribution in [1.29, 1.82) is 0 Å². The Balaban J connectivity index is 1.74. The predicted octanol–water partition coefficient (Wildman–Crippen LogP) is 4.51. The van der Waals surface area contributed by atoms with E-state index in [1.807, 2.05) is 0 Å². The molecule has 4 rings (SSSR count). The molecule has 180 valence electrons. The maximum absolute atomic E-state index is 4.30. The van der Waals surface area contributed by atoms with Crippen molar-refractivity contribution >= 4 is 42.0 Å². The van der Waals surface area contributed by atoms with Gasteiger partial charge in [0.2, 0.25) is 0 Å². The Morgan fingerprint density at radius 1 is 0.417 bits per heavy atom. The molecule has 0 amide bonds. The fourth-order valence-electron chi connectivity index (χ4n) is 4.96. The highest BCUT2D eigenvalue weighted by atomic mass is 28.3. The van der Waals surface area contributed by atoms with Crippen LogP contribution in [0.4, 0.5) is 0 Å². The van der Waals surface area contributed by atoms with Crippen LogP contribution in [0.3, 0.4) is 0 Å². The molecule has 4 aromatic rings. The van der Waals surface area contributed by atoms with E-state index in [4.69, 9.17) is 0 Å². The first-order valence-corrected chi connectivity index (χ1v) is 19.0. The van der Waals surface area contributed by atoms with Gasteiger partial charge in [-0.1, -0.05) is 159 Å². The molecule has 0 saturated heterocycles. The van der Waals surface area contributed by atoms with Gasteiger partial charge in [-0.3, -0.25) is 0 Å². The van der Waals surface area contributed by atoms with E-state index in [1.54, 1.807) is 0 Å². The summed E-state index contributed by atoms with van der Waals surface area (Å²) >= 11 is 0. The first-order chi connectivity index (χ1) is 17.7. The highest BCUT2D eigenvalue weighted by Crippen LogP contribution is 2.08. The lowest BCUT2D eigenvalue weighted by atomic mass is 10.2. The van der Waals surface area contributed by atoms with E-state index >= 15 is 0 Å². The van der Waals surface area contributed by atoms with Crippen LogP contribution in [-0.2, 0) is 18.1 Å². The van der Waals surface area contributed by atoms with E-state index in [2.05, 4.69) is 146 Å². The lowest BCUT2D eigenvalue weighted by Crippen LogP contribution is -2.45. The van der Waals surface area contributed by atoms with Crippen molar-refractivity contribution < 1.29 is 0 Å². The summed E-state index contributed by atoms with van der Waals surface area (Å²) in [5, 5.41) is 4.54. The molecule has 0 aliphatic carbocycles. The van der Waals surface area contributed by atoms with Crippen molar-refractivity contribution in [3.05, 3.63) is 163 Å².